The highest BCUT2D eigenvalue weighted by atomic mass is 16.6. The van der Waals surface area contributed by atoms with Crippen LogP contribution in [0, 0.1) is 10.1 Å². The highest BCUT2D eigenvalue weighted by molar-refractivity contribution is 6.00. The van der Waals surface area contributed by atoms with Gasteiger partial charge in [0, 0.05) is 24.4 Å². The van der Waals surface area contributed by atoms with Gasteiger partial charge in [-0.1, -0.05) is 42.5 Å². The molecule has 0 unspecified atom stereocenters. The number of carbonyl (C=O) groups is 2. The summed E-state index contributed by atoms with van der Waals surface area (Å²) in [5.41, 5.74) is 1.43. The van der Waals surface area contributed by atoms with E-state index in [-0.39, 0.29) is 11.3 Å². The Kier molecular flexibility index (Phi) is 7.59. The van der Waals surface area contributed by atoms with Crippen molar-refractivity contribution >= 4 is 28.9 Å². The van der Waals surface area contributed by atoms with E-state index in [4.69, 9.17) is 9.47 Å². The second-order valence-corrected chi connectivity index (χ2v) is 7.06. The third-order valence-corrected chi connectivity index (χ3v) is 4.78. The number of rotatable bonds is 9. The maximum absolute atomic E-state index is 12.9. The summed E-state index contributed by atoms with van der Waals surface area (Å²) >= 11 is 0. The molecule has 0 aliphatic carbocycles. The standard InChI is InChI=1S/C24H23N3O6/c1-16(23(28)26-21-10-6-7-11-22(21)32-2)33-24(29)19-14-18(27(30)31)12-13-20(19)25-15-17-8-4-3-5-9-17/h3-14,16,25H,15H2,1-2H3,(H,26,28)/t16-/m1/s1. The number of ether oxygens (including phenoxy) is 2. The van der Waals surface area contributed by atoms with Gasteiger partial charge in [-0.15, -0.1) is 0 Å². The molecule has 0 aliphatic rings. The third-order valence-electron chi connectivity index (χ3n) is 4.78. The zero-order chi connectivity index (χ0) is 23.8. The summed E-state index contributed by atoms with van der Waals surface area (Å²) in [4.78, 5) is 36.0. The first-order chi connectivity index (χ1) is 15.9. The first-order valence-corrected chi connectivity index (χ1v) is 10.1. The lowest BCUT2D eigenvalue weighted by atomic mass is 10.1. The largest absolute Gasteiger partial charge is 0.495 e. The van der Waals surface area contributed by atoms with Crippen LogP contribution in [-0.4, -0.2) is 30.0 Å². The maximum Gasteiger partial charge on any atom is 0.341 e. The lowest BCUT2D eigenvalue weighted by Gasteiger charge is -2.17. The summed E-state index contributed by atoms with van der Waals surface area (Å²) in [6, 6.07) is 20.1. The molecule has 1 amide bonds. The lowest BCUT2D eigenvalue weighted by Crippen LogP contribution is -2.30. The average molecular weight is 449 g/mol. The molecule has 9 heteroatoms. The van der Waals surface area contributed by atoms with Crippen molar-refractivity contribution in [3.63, 3.8) is 0 Å². The average Bonchev–Trinajstić information content (AvgIpc) is 2.83. The van der Waals surface area contributed by atoms with Crippen molar-refractivity contribution in [3.05, 3.63) is 94.0 Å². The van der Waals surface area contributed by atoms with Crippen molar-refractivity contribution in [2.24, 2.45) is 0 Å². The highest BCUT2D eigenvalue weighted by Crippen LogP contribution is 2.25. The Morgan fingerprint density at radius 1 is 1.00 bits per heavy atom. The minimum Gasteiger partial charge on any atom is -0.495 e. The second-order valence-electron chi connectivity index (χ2n) is 7.06. The predicted molar refractivity (Wildman–Crippen MR) is 123 cm³/mol. The van der Waals surface area contributed by atoms with Gasteiger partial charge in [0.25, 0.3) is 11.6 Å². The lowest BCUT2D eigenvalue weighted by molar-refractivity contribution is -0.384. The molecule has 1 atom stereocenters. The van der Waals surface area contributed by atoms with E-state index in [1.807, 2.05) is 30.3 Å². The predicted octanol–water partition coefficient (Wildman–Crippen LogP) is 4.40. The van der Waals surface area contributed by atoms with Crippen molar-refractivity contribution < 1.29 is 24.0 Å². The van der Waals surface area contributed by atoms with Crippen LogP contribution in [0.15, 0.2) is 72.8 Å². The molecule has 3 rings (SSSR count). The molecule has 0 saturated heterocycles. The van der Waals surface area contributed by atoms with Gasteiger partial charge in [-0.3, -0.25) is 14.9 Å². The Morgan fingerprint density at radius 3 is 2.39 bits per heavy atom. The van der Waals surface area contributed by atoms with E-state index in [0.717, 1.165) is 11.6 Å². The van der Waals surface area contributed by atoms with Crippen molar-refractivity contribution in [1.29, 1.82) is 0 Å². The van der Waals surface area contributed by atoms with E-state index in [1.165, 1.54) is 26.2 Å². The molecular weight excluding hydrogens is 426 g/mol. The van der Waals surface area contributed by atoms with E-state index in [2.05, 4.69) is 10.6 Å². The molecule has 9 nitrogen and oxygen atoms in total. The summed E-state index contributed by atoms with van der Waals surface area (Å²) < 4.78 is 10.5. The molecule has 3 aromatic carbocycles. The normalized spacial score (nSPS) is 11.2. The van der Waals surface area contributed by atoms with Crippen LogP contribution < -0.4 is 15.4 Å². The first-order valence-electron chi connectivity index (χ1n) is 10.1. The Morgan fingerprint density at radius 2 is 1.70 bits per heavy atom. The van der Waals surface area contributed by atoms with E-state index < -0.39 is 22.9 Å². The molecule has 2 N–H and O–H groups in total. The third kappa shape index (κ3) is 6.07. The molecule has 33 heavy (non-hydrogen) atoms. The molecule has 170 valence electrons. The smallest absolute Gasteiger partial charge is 0.341 e. The number of nitrogens with zero attached hydrogens (tertiary/aromatic N) is 1. The monoisotopic (exact) mass is 449 g/mol. The molecule has 0 bridgehead atoms. The van der Waals surface area contributed by atoms with Gasteiger partial charge < -0.3 is 20.1 Å². The number of benzene rings is 3. The van der Waals surface area contributed by atoms with Gasteiger partial charge in [-0.25, -0.2) is 4.79 Å². The summed E-state index contributed by atoms with van der Waals surface area (Å²) in [7, 11) is 1.47. The van der Waals surface area contributed by atoms with Crippen LogP contribution in [0.2, 0.25) is 0 Å². The number of carbonyl (C=O) groups excluding carboxylic acids is 2. The molecular formula is C24H23N3O6. The number of anilines is 2. The summed E-state index contributed by atoms with van der Waals surface area (Å²) in [6.45, 7) is 1.81. The molecule has 0 spiro atoms. The molecule has 3 aromatic rings. The fraction of sp³-hybridized carbons (Fsp3) is 0.167. The van der Waals surface area contributed by atoms with Gasteiger partial charge in [-0.05, 0) is 30.7 Å². The van der Waals surface area contributed by atoms with Crippen molar-refractivity contribution in [1.82, 2.24) is 0 Å². The van der Waals surface area contributed by atoms with E-state index in [0.29, 0.717) is 23.7 Å². The Balaban J connectivity index is 1.75. The quantitative estimate of drug-likeness (QED) is 0.282. The maximum atomic E-state index is 12.9. The molecule has 0 aromatic heterocycles. The van der Waals surface area contributed by atoms with Gasteiger partial charge in [0.15, 0.2) is 6.10 Å². The number of nitrogens with one attached hydrogen (secondary N) is 2. The second kappa shape index (κ2) is 10.8. The summed E-state index contributed by atoms with van der Waals surface area (Å²) in [5, 5.41) is 17.0. The molecule has 0 heterocycles. The molecule has 0 fully saturated rings. The zero-order valence-electron chi connectivity index (χ0n) is 18.1. The Hall–Kier alpha value is -4.40. The molecule has 0 saturated carbocycles. The van der Waals surface area contributed by atoms with Gasteiger partial charge in [-0.2, -0.15) is 0 Å². The van der Waals surface area contributed by atoms with Gasteiger partial charge >= 0.3 is 5.97 Å². The summed E-state index contributed by atoms with van der Waals surface area (Å²) in [6.07, 6.45) is -1.16. The minimum atomic E-state index is -1.16. The zero-order valence-corrected chi connectivity index (χ0v) is 18.1. The Labute approximate surface area is 190 Å². The van der Waals surface area contributed by atoms with E-state index in [9.17, 15) is 19.7 Å². The van der Waals surface area contributed by atoms with Gasteiger partial charge in [0.05, 0.1) is 23.3 Å². The van der Waals surface area contributed by atoms with Crippen LogP contribution in [0.25, 0.3) is 0 Å². The number of hydrogen-bond donors (Lipinski definition) is 2. The number of nitro benzene ring substituents is 1. The number of nitro groups is 1. The Bertz CT molecular complexity index is 1150. The van der Waals surface area contributed by atoms with Crippen LogP contribution in [0.5, 0.6) is 5.75 Å². The highest BCUT2D eigenvalue weighted by Gasteiger charge is 2.24. The van der Waals surface area contributed by atoms with Gasteiger partial charge in [0.1, 0.15) is 5.75 Å². The number of non-ortho nitro benzene ring substituents is 1. The van der Waals surface area contributed by atoms with Crippen LogP contribution in [0.4, 0.5) is 17.1 Å². The number of hydrogen-bond acceptors (Lipinski definition) is 7. The fourth-order valence-corrected chi connectivity index (χ4v) is 3.02. The van der Waals surface area contributed by atoms with Crippen molar-refractivity contribution in [2.45, 2.75) is 19.6 Å². The van der Waals surface area contributed by atoms with Crippen LogP contribution in [0.1, 0.15) is 22.8 Å². The van der Waals surface area contributed by atoms with Crippen LogP contribution >= 0.6 is 0 Å². The van der Waals surface area contributed by atoms with Crippen molar-refractivity contribution in [3.8, 4) is 5.75 Å². The summed E-state index contributed by atoms with van der Waals surface area (Å²) in [5.74, 6) is -0.982. The fourth-order valence-electron chi connectivity index (χ4n) is 3.02. The number of methoxy groups -OCH3 is 1. The van der Waals surface area contributed by atoms with E-state index in [1.54, 1.807) is 24.3 Å². The van der Waals surface area contributed by atoms with Crippen molar-refractivity contribution in [2.75, 3.05) is 17.7 Å². The molecule has 0 aliphatic heterocycles. The number of amides is 1. The first kappa shape index (κ1) is 23.3. The minimum absolute atomic E-state index is 0.0444. The van der Waals surface area contributed by atoms with Gasteiger partial charge in [0.2, 0.25) is 0 Å². The number of esters is 1. The van der Waals surface area contributed by atoms with Crippen LogP contribution in [-0.2, 0) is 16.1 Å². The topological polar surface area (TPSA) is 120 Å². The number of para-hydroxylation sites is 2. The molecule has 0 radical (unpaired) electrons. The SMILES string of the molecule is COc1ccccc1NC(=O)[C@@H](C)OC(=O)c1cc([N+](=O)[O-])ccc1NCc1ccccc1. The van der Waals surface area contributed by atoms with Crippen LogP contribution in [0.3, 0.4) is 0 Å². The van der Waals surface area contributed by atoms with E-state index >= 15 is 0 Å².